The zero-order valence-corrected chi connectivity index (χ0v) is 15.4. The third-order valence-electron chi connectivity index (χ3n) is 3.95. The molecule has 2 nitrogen and oxygen atoms in total. The van der Waals surface area contributed by atoms with Crippen molar-refractivity contribution in [3.05, 3.63) is 11.2 Å². The third kappa shape index (κ3) is 4.50. The molecule has 0 amide bonds. The summed E-state index contributed by atoms with van der Waals surface area (Å²) in [7, 11) is -2.17. The number of hydrogen-bond acceptors (Lipinski definition) is 2. The fourth-order valence-corrected chi connectivity index (χ4v) is 3.87. The number of halogens is 2. The molecule has 0 spiro atoms. The third-order valence-corrected chi connectivity index (χ3v) is 6.89. The van der Waals surface area contributed by atoms with E-state index < -0.39 is 7.38 Å². The van der Waals surface area contributed by atoms with Crippen LogP contribution in [-0.4, -0.2) is 31.6 Å². The van der Waals surface area contributed by atoms with Crippen LogP contribution in [0.2, 0.25) is 13.1 Å². The zero-order valence-electron chi connectivity index (χ0n) is 12.8. The van der Waals surface area contributed by atoms with E-state index in [4.69, 9.17) is 32.0 Å². The number of alkyl halides is 1. The van der Waals surface area contributed by atoms with Gasteiger partial charge in [-0.25, -0.2) is 0 Å². The standard InChI is InChI=1S/C13H25BCl2O2Si/c1-12(2)13(3,4)18-14(17-12)10-11(8-7-9-15)19(5,6)16/h10H,7-9H2,1-6H3/b11-10-. The molecule has 0 bridgehead atoms. The summed E-state index contributed by atoms with van der Waals surface area (Å²) in [6, 6.07) is 0. The molecule has 0 aliphatic carbocycles. The molecule has 0 aromatic carbocycles. The van der Waals surface area contributed by atoms with Gasteiger partial charge in [-0.05, 0) is 40.5 Å². The van der Waals surface area contributed by atoms with Gasteiger partial charge in [-0.3, -0.25) is 0 Å². The molecular weight excluding hydrogens is 298 g/mol. The minimum absolute atomic E-state index is 0.302. The van der Waals surface area contributed by atoms with Crippen molar-refractivity contribution < 1.29 is 9.31 Å². The molecule has 19 heavy (non-hydrogen) atoms. The first-order valence-electron chi connectivity index (χ1n) is 6.81. The minimum Gasteiger partial charge on any atom is -0.400 e. The highest BCUT2D eigenvalue weighted by Crippen LogP contribution is 2.38. The van der Waals surface area contributed by atoms with Gasteiger partial charge in [-0.2, -0.15) is 11.1 Å². The van der Waals surface area contributed by atoms with Crippen LogP contribution in [0.3, 0.4) is 0 Å². The van der Waals surface area contributed by atoms with E-state index in [2.05, 4.69) is 46.8 Å². The van der Waals surface area contributed by atoms with Gasteiger partial charge in [0, 0.05) is 5.88 Å². The molecule has 0 aromatic heterocycles. The Hall–Kier alpha value is 0.522. The summed E-state index contributed by atoms with van der Waals surface area (Å²) in [4.78, 5) is 0. The smallest absolute Gasteiger partial charge is 0.400 e. The van der Waals surface area contributed by atoms with Gasteiger partial charge in [-0.15, -0.1) is 11.6 Å². The first-order valence-corrected chi connectivity index (χ1v) is 11.4. The molecule has 1 heterocycles. The van der Waals surface area contributed by atoms with Crippen LogP contribution < -0.4 is 0 Å². The van der Waals surface area contributed by atoms with Gasteiger partial charge in [0.2, 0.25) is 0 Å². The lowest BCUT2D eigenvalue weighted by Crippen LogP contribution is -2.41. The van der Waals surface area contributed by atoms with E-state index in [9.17, 15) is 0 Å². The molecule has 110 valence electrons. The maximum Gasteiger partial charge on any atom is 0.486 e. The molecule has 0 radical (unpaired) electrons. The lowest BCUT2D eigenvalue weighted by atomic mass is 9.89. The van der Waals surface area contributed by atoms with Crippen molar-refractivity contribution in [1.29, 1.82) is 0 Å². The Kier molecular flexibility index (Phi) is 5.65. The molecule has 1 aliphatic rings. The summed E-state index contributed by atoms with van der Waals surface area (Å²) in [6.45, 7) is 12.5. The highest BCUT2D eigenvalue weighted by molar-refractivity contribution is 7.23. The zero-order chi connectivity index (χ0) is 14.9. The molecule has 0 atom stereocenters. The molecule has 0 saturated carbocycles. The molecular formula is C13H25BCl2O2Si. The second kappa shape index (κ2) is 6.10. The van der Waals surface area contributed by atoms with Crippen molar-refractivity contribution in [1.82, 2.24) is 0 Å². The van der Waals surface area contributed by atoms with E-state index in [1.807, 2.05) is 0 Å². The highest BCUT2D eigenvalue weighted by atomic mass is 35.6. The molecule has 1 fully saturated rings. The fraction of sp³-hybridized carbons (Fsp3) is 0.846. The van der Waals surface area contributed by atoms with E-state index in [0.717, 1.165) is 12.8 Å². The summed E-state index contributed by atoms with van der Waals surface area (Å²) >= 11 is 12.4. The van der Waals surface area contributed by atoms with Gasteiger partial charge in [-0.1, -0.05) is 24.3 Å². The van der Waals surface area contributed by atoms with Crippen LogP contribution in [0.4, 0.5) is 0 Å². The Labute approximate surface area is 128 Å². The van der Waals surface area contributed by atoms with E-state index in [1.54, 1.807) is 0 Å². The summed E-state index contributed by atoms with van der Waals surface area (Å²) in [5.74, 6) is 2.73. The van der Waals surface area contributed by atoms with Crippen molar-refractivity contribution in [2.45, 2.75) is 64.8 Å². The van der Waals surface area contributed by atoms with Crippen LogP contribution >= 0.6 is 22.7 Å². The van der Waals surface area contributed by atoms with Crippen LogP contribution in [-0.2, 0) is 9.31 Å². The Bertz CT molecular complexity index is 335. The van der Waals surface area contributed by atoms with E-state index >= 15 is 0 Å². The molecule has 0 N–H and O–H groups in total. The summed E-state index contributed by atoms with van der Waals surface area (Å²) in [6.07, 6.45) is 1.87. The van der Waals surface area contributed by atoms with E-state index in [0.29, 0.717) is 5.88 Å². The largest absolute Gasteiger partial charge is 0.486 e. The Morgan fingerprint density at radius 3 is 2.00 bits per heavy atom. The number of hydrogen-bond donors (Lipinski definition) is 0. The lowest BCUT2D eigenvalue weighted by molar-refractivity contribution is 0.00578. The van der Waals surface area contributed by atoms with Crippen LogP contribution in [0.15, 0.2) is 11.2 Å². The lowest BCUT2D eigenvalue weighted by Gasteiger charge is -2.32. The van der Waals surface area contributed by atoms with Crippen molar-refractivity contribution in [2.24, 2.45) is 0 Å². The van der Waals surface area contributed by atoms with Crippen LogP contribution in [0.1, 0.15) is 40.5 Å². The normalized spacial score (nSPS) is 22.9. The summed E-state index contributed by atoms with van der Waals surface area (Å²) in [5.41, 5.74) is -0.604. The number of allylic oxidation sites excluding steroid dienone is 1. The predicted molar refractivity (Wildman–Crippen MR) is 87.5 cm³/mol. The topological polar surface area (TPSA) is 18.5 Å². The fourth-order valence-electron chi connectivity index (χ4n) is 1.96. The average Bonchev–Trinajstić information content (AvgIpc) is 2.40. The number of rotatable bonds is 5. The second-order valence-electron chi connectivity index (χ2n) is 6.58. The molecule has 0 aromatic rings. The second-order valence-corrected chi connectivity index (χ2v) is 13.4. The first kappa shape index (κ1) is 17.6. The monoisotopic (exact) mass is 322 g/mol. The summed E-state index contributed by atoms with van der Waals surface area (Å²) < 4.78 is 12.0. The van der Waals surface area contributed by atoms with Crippen LogP contribution in [0.25, 0.3) is 0 Å². The van der Waals surface area contributed by atoms with Crippen molar-refractivity contribution in [3.8, 4) is 0 Å². The molecule has 1 aliphatic heterocycles. The maximum atomic E-state index is 6.57. The van der Waals surface area contributed by atoms with E-state index in [-0.39, 0.29) is 18.3 Å². The van der Waals surface area contributed by atoms with Gasteiger partial charge in [0.15, 0.2) is 7.38 Å². The molecule has 0 unspecified atom stereocenters. The molecule has 1 rings (SSSR count). The average molecular weight is 323 g/mol. The Balaban J connectivity index is 2.87. The molecule has 6 heteroatoms. The van der Waals surface area contributed by atoms with Gasteiger partial charge >= 0.3 is 7.12 Å². The van der Waals surface area contributed by atoms with Gasteiger partial charge in [0.1, 0.15) is 0 Å². The Morgan fingerprint density at radius 2 is 1.63 bits per heavy atom. The molecule has 1 saturated heterocycles. The van der Waals surface area contributed by atoms with E-state index in [1.165, 1.54) is 5.20 Å². The minimum atomic E-state index is -1.87. The van der Waals surface area contributed by atoms with Crippen LogP contribution in [0.5, 0.6) is 0 Å². The summed E-state index contributed by atoms with van der Waals surface area (Å²) in [5, 5.41) is 1.26. The maximum absolute atomic E-state index is 6.57. The Morgan fingerprint density at radius 1 is 1.16 bits per heavy atom. The van der Waals surface area contributed by atoms with Gasteiger partial charge in [0.25, 0.3) is 0 Å². The van der Waals surface area contributed by atoms with Gasteiger partial charge < -0.3 is 9.31 Å². The van der Waals surface area contributed by atoms with Crippen LogP contribution in [0, 0.1) is 0 Å². The first-order chi connectivity index (χ1) is 8.49. The van der Waals surface area contributed by atoms with Crippen molar-refractivity contribution in [3.63, 3.8) is 0 Å². The SMILES string of the molecule is CC1(C)OB(/C=C(/CCCCl)[Si](C)(C)Cl)OC1(C)C. The van der Waals surface area contributed by atoms with Crippen molar-refractivity contribution >= 4 is 37.2 Å². The highest BCUT2D eigenvalue weighted by Gasteiger charge is 2.50. The predicted octanol–water partition coefficient (Wildman–Crippen LogP) is 4.55. The quantitative estimate of drug-likeness (QED) is 0.420. The van der Waals surface area contributed by atoms with Crippen molar-refractivity contribution in [2.75, 3.05) is 5.88 Å². The van der Waals surface area contributed by atoms with Gasteiger partial charge in [0.05, 0.1) is 11.2 Å².